The van der Waals surface area contributed by atoms with Gasteiger partial charge in [0, 0.05) is 28.4 Å². The van der Waals surface area contributed by atoms with Gasteiger partial charge in [-0.15, -0.1) is 11.3 Å². The SMILES string of the molecule is Cc1cc(-c2ccccc2)cc2c1Nc1cncc3sc(C#N)c-2c13. The van der Waals surface area contributed by atoms with Crippen molar-refractivity contribution in [2.45, 2.75) is 6.92 Å². The lowest BCUT2D eigenvalue weighted by molar-refractivity contribution is 1.34. The highest BCUT2D eigenvalue weighted by molar-refractivity contribution is 7.20. The van der Waals surface area contributed by atoms with Crippen LogP contribution in [0.15, 0.2) is 54.9 Å². The second kappa shape index (κ2) is 5.17. The molecule has 0 saturated heterocycles. The molecule has 3 nitrogen and oxygen atoms in total. The van der Waals surface area contributed by atoms with Crippen LogP contribution in [0.1, 0.15) is 10.4 Å². The Morgan fingerprint density at radius 1 is 1.08 bits per heavy atom. The molecule has 118 valence electrons. The number of thiophene rings is 1. The molecular formula is C21H13N3S. The van der Waals surface area contributed by atoms with E-state index >= 15 is 0 Å². The Hall–Kier alpha value is -3.16. The van der Waals surface area contributed by atoms with Crippen molar-refractivity contribution in [3.63, 3.8) is 0 Å². The summed E-state index contributed by atoms with van der Waals surface area (Å²) in [5.74, 6) is 0. The molecule has 2 aromatic heterocycles. The Morgan fingerprint density at radius 2 is 1.92 bits per heavy atom. The van der Waals surface area contributed by atoms with Gasteiger partial charge < -0.3 is 5.32 Å². The van der Waals surface area contributed by atoms with Crippen LogP contribution in [0.2, 0.25) is 0 Å². The van der Waals surface area contributed by atoms with Crippen molar-refractivity contribution in [2.24, 2.45) is 0 Å². The molecule has 3 heterocycles. The number of anilines is 2. The first kappa shape index (κ1) is 14.2. The highest BCUT2D eigenvalue weighted by Gasteiger charge is 2.25. The maximum atomic E-state index is 9.67. The van der Waals surface area contributed by atoms with E-state index in [0.29, 0.717) is 0 Å². The third kappa shape index (κ3) is 2.00. The number of fused-ring (bicyclic) bond motifs is 2. The number of hydrogen-bond donors (Lipinski definition) is 1. The summed E-state index contributed by atoms with van der Waals surface area (Å²) in [5, 5.41) is 14.3. The molecule has 4 heteroatoms. The molecule has 0 aliphatic carbocycles. The van der Waals surface area contributed by atoms with Gasteiger partial charge in [0.1, 0.15) is 10.9 Å². The first-order chi connectivity index (χ1) is 12.3. The van der Waals surface area contributed by atoms with Crippen molar-refractivity contribution in [3.8, 4) is 28.3 Å². The molecule has 0 unspecified atom stereocenters. The summed E-state index contributed by atoms with van der Waals surface area (Å²) in [4.78, 5) is 5.06. The number of nitriles is 1. The molecule has 0 spiro atoms. The maximum absolute atomic E-state index is 9.67. The quantitative estimate of drug-likeness (QED) is 0.415. The Kier molecular flexibility index (Phi) is 2.94. The summed E-state index contributed by atoms with van der Waals surface area (Å²) >= 11 is 1.51. The predicted octanol–water partition coefficient (Wildman–Crippen LogP) is 5.87. The van der Waals surface area contributed by atoms with Crippen molar-refractivity contribution in [1.29, 1.82) is 5.26 Å². The zero-order chi connectivity index (χ0) is 17.0. The van der Waals surface area contributed by atoms with E-state index in [1.54, 1.807) is 0 Å². The van der Waals surface area contributed by atoms with Gasteiger partial charge in [0.2, 0.25) is 0 Å². The van der Waals surface area contributed by atoms with Gasteiger partial charge in [-0.3, -0.25) is 4.98 Å². The van der Waals surface area contributed by atoms with Crippen LogP contribution in [0.3, 0.4) is 0 Å². The zero-order valence-electron chi connectivity index (χ0n) is 13.5. The topological polar surface area (TPSA) is 48.7 Å². The van der Waals surface area contributed by atoms with E-state index in [9.17, 15) is 5.26 Å². The molecule has 1 aliphatic rings. The lowest BCUT2D eigenvalue weighted by atomic mass is 9.90. The molecule has 1 N–H and O–H groups in total. The van der Waals surface area contributed by atoms with Gasteiger partial charge in [-0.2, -0.15) is 5.26 Å². The van der Waals surface area contributed by atoms with Crippen molar-refractivity contribution < 1.29 is 0 Å². The molecule has 4 aromatic rings. The second-order valence-electron chi connectivity index (χ2n) is 6.18. The third-order valence-electron chi connectivity index (χ3n) is 4.67. The maximum Gasteiger partial charge on any atom is 0.114 e. The van der Waals surface area contributed by atoms with Gasteiger partial charge in [-0.1, -0.05) is 30.3 Å². The van der Waals surface area contributed by atoms with E-state index in [1.165, 1.54) is 22.5 Å². The van der Waals surface area contributed by atoms with Crippen LogP contribution in [-0.4, -0.2) is 4.98 Å². The Balaban J connectivity index is 1.87. The van der Waals surface area contributed by atoms with E-state index in [-0.39, 0.29) is 0 Å². The van der Waals surface area contributed by atoms with Crippen molar-refractivity contribution in [2.75, 3.05) is 5.32 Å². The Morgan fingerprint density at radius 3 is 2.72 bits per heavy atom. The summed E-state index contributed by atoms with van der Waals surface area (Å²) < 4.78 is 1.05. The van der Waals surface area contributed by atoms with Crippen LogP contribution in [0.4, 0.5) is 11.4 Å². The summed E-state index contributed by atoms with van der Waals surface area (Å²) in [6, 6.07) is 17.1. The molecule has 1 aliphatic heterocycles. The van der Waals surface area contributed by atoms with Crippen molar-refractivity contribution in [3.05, 3.63) is 65.3 Å². The van der Waals surface area contributed by atoms with E-state index in [1.807, 2.05) is 30.6 Å². The van der Waals surface area contributed by atoms with E-state index in [2.05, 4.69) is 47.6 Å². The predicted molar refractivity (Wildman–Crippen MR) is 103 cm³/mol. The van der Waals surface area contributed by atoms with Gasteiger partial charge in [0.05, 0.1) is 16.6 Å². The lowest BCUT2D eigenvalue weighted by Crippen LogP contribution is -2.03. The fourth-order valence-corrected chi connectivity index (χ4v) is 4.57. The third-order valence-corrected chi connectivity index (χ3v) is 5.70. The van der Waals surface area contributed by atoms with Gasteiger partial charge in [-0.05, 0) is 35.7 Å². The first-order valence-electron chi connectivity index (χ1n) is 8.04. The summed E-state index contributed by atoms with van der Waals surface area (Å²) in [7, 11) is 0. The van der Waals surface area contributed by atoms with E-state index in [0.717, 1.165) is 43.0 Å². The number of aromatic nitrogens is 1. The smallest absolute Gasteiger partial charge is 0.114 e. The minimum atomic E-state index is 0.747. The standard InChI is InChI=1S/C21H13N3S/c1-12-7-14(13-5-3-2-4-6-13)8-15-19-17(9-22)25-18-11-23-10-16(20(18)19)24-21(12)15/h2-8,10-11,24H,1H3. The van der Waals surface area contributed by atoms with Gasteiger partial charge in [-0.25, -0.2) is 0 Å². The normalized spacial score (nSPS) is 11.7. The second-order valence-corrected chi connectivity index (χ2v) is 7.24. The number of aryl methyl sites for hydroxylation is 1. The average Bonchev–Trinajstić information content (AvgIpc) is 3.04. The number of rotatable bonds is 1. The Labute approximate surface area is 149 Å². The van der Waals surface area contributed by atoms with Crippen LogP contribution in [0.25, 0.3) is 32.3 Å². The number of nitrogens with zero attached hydrogens (tertiary/aromatic N) is 2. The van der Waals surface area contributed by atoms with Crippen molar-refractivity contribution >= 4 is 32.8 Å². The summed E-state index contributed by atoms with van der Waals surface area (Å²) in [6.07, 6.45) is 3.68. The minimum absolute atomic E-state index is 0.747. The molecule has 0 fully saturated rings. The van der Waals surface area contributed by atoms with Crippen LogP contribution < -0.4 is 5.32 Å². The number of pyridine rings is 1. The minimum Gasteiger partial charge on any atom is -0.353 e. The monoisotopic (exact) mass is 339 g/mol. The highest BCUT2D eigenvalue weighted by Crippen LogP contribution is 2.50. The Bertz CT molecular complexity index is 1180. The molecule has 25 heavy (non-hydrogen) atoms. The van der Waals surface area contributed by atoms with Crippen molar-refractivity contribution in [1.82, 2.24) is 4.98 Å². The van der Waals surface area contributed by atoms with Gasteiger partial charge >= 0.3 is 0 Å². The van der Waals surface area contributed by atoms with E-state index < -0.39 is 0 Å². The average molecular weight is 339 g/mol. The fraction of sp³-hybridized carbons (Fsp3) is 0.0476. The largest absolute Gasteiger partial charge is 0.353 e. The summed E-state index contributed by atoms with van der Waals surface area (Å²) in [6.45, 7) is 2.11. The summed E-state index contributed by atoms with van der Waals surface area (Å²) in [5.41, 5.74) is 7.69. The molecule has 0 atom stereocenters. The number of hydrogen-bond acceptors (Lipinski definition) is 4. The van der Waals surface area contributed by atoms with Gasteiger partial charge in [0.15, 0.2) is 0 Å². The van der Waals surface area contributed by atoms with Crippen LogP contribution >= 0.6 is 11.3 Å². The van der Waals surface area contributed by atoms with E-state index in [4.69, 9.17) is 0 Å². The van der Waals surface area contributed by atoms with Crippen LogP contribution in [-0.2, 0) is 0 Å². The molecule has 0 bridgehead atoms. The zero-order valence-corrected chi connectivity index (χ0v) is 14.3. The lowest BCUT2D eigenvalue weighted by Gasteiger charge is -2.22. The molecule has 5 rings (SSSR count). The van der Waals surface area contributed by atoms with Crippen LogP contribution in [0, 0.1) is 18.3 Å². The highest BCUT2D eigenvalue weighted by atomic mass is 32.1. The first-order valence-corrected chi connectivity index (χ1v) is 8.86. The molecule has 0 saturated carbocycles. The van der Waals surface area contributed by atoms with Gasteiger partial charge in [0.25, 0.3) is 0 Å². The molecule has 2 aromatic carbocycles. The molecule has 0 amide bonds. The number of nitrogens with one attached hydrogen (secondary N) is 1. The molecule has 0 radical (unpaired) electrons. The fourth-order valence-electron chi connectivity index (χ4n) is 3.56. The van der Waals surface area contributed by atoms with Crippen LogP contribution in [0.5, 0.6) is 0 Å². The number of benzene rings is 2. The molecular weight excluding hydrogens is 326 g/mol.